The van der Waals surface area contributed by atoms with Crippen molar-refractivity contribution in [3.63, 3.8) is 0 Å². The Hall–Kier alpha value is -3.78. The van der Waals surface area contributed by atoms with Crippen molar-refractivity contribution in [2.24, 2.45) is 0 Å². The predicted octanol–water partition coefficient (Wildman–Crippen LogP) is 5.21. The van der Waals surface area contributed by atoms with E-state index in [-0.39, 0.29) is 6.71 Å². The van der Waals surface area contributed by atoms with E-state index in [0.717, 1.165) is 11.5 Å². The van der Waals surface area contributed by atoms with Gasteiger partial charge in [0.1, 0.15) is 11.5 Å². The minimum Gasteiger partial charge on any atom is -0.457 e. The van der Waals surface area contributed by atoms with E-state index in [0.29, 0.717) is 0 Å². The zero-order valence-corrected chi connectivity index (χ0v) is 16.3. The first-order chi connectivity index (χ1) is 14.9. The Morgan fingerprint density at radius 2 is 1.20 bits per heavy atom. The number of hydrogen-bond donors (Lipinski definition) is 0. The summed E-state index contributed by atoms with van der Waals surface area (Å²) < 4.78 is 6.57. The van der Waals surface area contributed by atoms with E-state index in [1.54, 1.807) is 0 Å². The van der Waals surface area contributed by atoms with Crippen molar-refractivity contribution in [2.75, 3.05) is 0 Å². The first-order valence-electron chi connectivity index (χ1n) is 10.4. The van der Waals surface area contributed by atoms with Crippen molar-refractivity contribution in [1.29, 1.82) is 0 Å². The van der Waals surface area contributed by atoms with Crippen LogP contribution in [0.5, 0.6) is 11.5 Å². The van der Waals surface area contributed by atoms with Gasteiger partial charge >= 0.3 is 0 Å². The van der Waals surface area contributed by atoms with E-state index in [4.69, 9.17) is 4.74 Å². The zero-order chi connectivity index (χ0) is 19.7. The Kier molecular flexibility index (Phi) is 3.14. The van der Waals surface area contributed by atoms with Crippen LogP contribution in [0.3, 0.4) is 0 Å². The van der Waals surface area contributed by atoms with E-state index in [9.17, 15) is 0 Å². The maximum atomic E-state index is 6.57. The summed E-state index contributed by atoms with van der Waals surface area (Å²) in [5, 5.41) is 7.71. The van der Waals surface area contributed by atoms with Crippen molar-refractivity contribution in [1.82, 2.24) is 0 Å². The molecule has 0 atom stereocenters. The average molecular weight is 380 g/mol. The number of rotatable bonds is 1. The van der Waals surface area contributed by atoms with Gasteiger partial charge in [0.2, 0.25) is 6.71 Å². The van der Waals surface area contributed by atoms with E-state index >= 15 is 0 Å². The zero-order valence-electron chi connectivity index (χ0n) is 16.3. The molecule has 0 bridgehead atoms. The molecule has 6 aromatic carbocycles. The fourth-order valence-corrected chi connectivity index (χ4v) is 5.27. The molecule has 6 aromatic rings. The Labute approximate surface area is 175 Å². The monoisotopic (exact) mass is 380 g/mol. The summed E-state index contributed by atoms with van der Waals surface area (Å²) in [6.07, 6.45) is 0. The minimum atomic E-state index is 0.123. The van der Waals surface area contributed by atoms with Gasteiger partial charge < -0.3 is 4.74 Å². The molecule has 0 radical (unpaired) electrons. The molecule has 0 N–H and O–H groups in total. The van der Waals surface area contributed by atoms with Gasteiger partial charge in [0, 0.05) is 10.8 Å². The lowest BCUT2D eigenvalue weighted by atomic mass is 9.36. The molecule has 30 heavy (non-hydrogen) atoms. The highest BCUT2D eigenvalue weighted by molar-refractivity contribution is 6.97. The fourth-order valence-electron chi connectivity index (χ4n) is 5.27. The SMILES string of the molecule is c1ccc(B2c3ccccc3Oc3ccc4ccc5cccc6cc2c3c4c56)cc1. The summed E-state index contributed by atoms with van der Waals surface area (Å²) >= 11 is 0. The molecule has 1 nitrogen and oxygen atoms in total. The molecule has 0 unspecified atom stereocenters. The van der Waals surface area contributed by atoms with Crippen molar-refractivity contribution in [3.8, 4) is 11.5 Å². The second-order valence-electron chi connectivity index (χ2n) is 8.13. The van der Waals surface area contributed by atoms with Crippen LogP contribution in [0.15, 0.2) is 103 Å². The lowest BCUT2D eigenvalue weighted by Crippen LogP contribution is -2.51. The minimum absolute atomic E-state index is 0.123. The molecular weight excluding hydrogens is 363 g/mol. The summed E-state index contributed by atoms with van der Waals surface area (Å²) in [5.74, 6) is 1.88. The van der Waals surface area contributed by atoms with E-state index < -0.39 is 0 Å². The first-order valence-corrected chi connectivity index (χ1v) is 10.4. The fraction of sp³-hybridized carbons (Fsp3) is 0. The van der Waals surface area contributed by atoms with Crippen molar-refractivity contribution < 1.29 is 4.74 Å². The van der Waals surface area contributed by atoms with Gasteiger partial charge in [0.25, 0.3) is 0 Å². The second kappa shape index (κ2) is 5.87. The molecular formula is C28H17BO. The normalized spacial score (nSPS) is 12.9. The number of benzene rings is 6. The van der Waals surface area contributed by atoms with E-state index in [2.05, 4.69) is 103 Å². The number of fused-ring (bicyclic) bond motifs is 1. The van der Waals surface area contributed by atoms with Gasteiger partial charge in [-0.25, -0.2) is 0 Å². The molecule has 0 saturated carbocycles. The van der Waals surface area contributed by atoms with Crippen LogP contribution in [0.1, 0.15) is 0 Å². The van der Waals surface area contributed by atoms with Gasteiger partial charge in [-0.05, 0) is 39.1 Å². The number of para-hydroxylation sites is 1. The quantitative estimate of drug-likeness (QED) is 0.281. The topological polar surface area (TPSA) is 9.23 Å². The van der Waals surface area contributed by atoms with E-state index in [1.807, 2.05) is 0 Å². The third kappa shape index (κ3) is 2.08. The predicted molar refractivity (Wildman–Crippen MR) is 128 cm³/mol. The lowest BCUT2D eigenvalue weighted by molar-refractivity contribution is 0.493. The van der Waals surface area contributed by atoms with E-state index in [1.165, 1.54) is 48.7 Å². The van der Waals surface area contributed by atoms with Crippen molar-refractivity contribution >= 4 is 55.4 Å². The molecule has 1 aliphatic heterocycles. The third-order valence-electron chi connectivity index (χ3n) is 6.51. The molecule has 0 aliphatic carbocycles. The molecule has 0 amide bonds. The van der Waals surface area contributed by atoms with Crippen LogP contribution in [0.2, 0.25) is 0 Å². The summed E-state index contributed by atoms with van der Waals surface area (Å²) in [6.45, 7) is 0.123. The highest BCUT2D eigenvalue weighted by Gasteiger charge is 2.31. The summed E-state index contributed by atoms with van der Waals surface area (Å²) in [5.41, 5.74) is 3.82. The van der Waals surface area contributed by atoms with Crippen LogP contribution < -0.4 is 21.1 Å². The lowest BCUT2D eigenvalue weighted by Gasteiger charge is -2.19. The maximum absolute atomic E-state index is 6.57. The van der Waals surface area contributed by atoms with Crippen LogP contribution in [0, 0.1) is 0 Å². The Morgan fingerprint density at radius 1 is 0.467 bits per heavy atom. The van der Waals surface area contributed by atoms with Crippen LogP contribution in [0.25, 0.3) is 32.3 Å². The maximum Gasteiger partial charge on any atom is 0.247 e. The summed E-state index contributed by atoms with van der Waals surface area (Å²) in [7, 11) is 0. The molecule has 0 saturated heterocycles. The number of hydrogen-bond acceptors (Lipinski definition) is 1. The highest BCUT2D eigenvalue weighted by Crippen LogP contribution is 2.40. The Balaban J connectivity index is 1.73. The van der Waals surface area contributed by atoms with Gasteiger partial charge in [0.05, 0.1) is 0 Å². The summed E-state index contributed by atoms with van der Waals surface area (Å²) in [4.78, 5) is 0. The smallest absolute Gasteiger partial charge is 0.247 e. The molecule has 2 heteroatoms. The van der Waals surface area contributed by atoms with Crippen molar-refractivity contribution in [2.45, 2.75) is 0 Å². The van der Waals surface area contributed by atoms with Gasteiger partial charge in [-0.3, -0.25) is 0 Å². The van der Waals surface area contributed by atoms with Gasteiger partial charge in [-0.1, -0.05) is 102 Å². The van der Waals surface area contributed by atoms with Crippen LogP contribution >= 0.6 is 0 Å². The Morgan fingerprint density at radius 3 is 2.10 bits per heavy atom. The van der Waals surface area contributed by atoms with Gasteiger partial charge in [-0.2, -0.15) is 0 Å². The van der Waals surface area contributed by atoms with Gasteiger partial charge in [0.15, 0.2) is 0 Å². The summed E-state index contributed by atoms with van der Waals surface area (Å²) in [6, 6.07) is 37.1. The van der Waals surface area contributed by atoms with Crippen molar-refractivity contribution in [3.05, 3.63) is 103 Å². The first kappa shape index (κ1) is 16.1. The second-order valence-corrected chi connectivity index (χ2v) is 8.13. The molecule has 1 aliphatic rings. The number of ether oxygens (including phenoxy) is 1. The molecule has 7 rings (SSSR count). The molecule has 1 heterocycles. The van der Waals surface area contributed by atoms with Crippen LogP contribution in [-0.4, -0.2) is 6.71 Å². The molecule has 0 spiro atoms. The van der Waals surface area contributed by atoms with Crippen LogP contribution in [-0.2, 0) is 0 Å². The van der Waals surface area contributed by atoms with Crippen LogP contribution in [0.4, 0.5) is 0 Å². The molecule has 0 fully saturated rings. The largest absolute Gasteiger partial charge is 0.457 e. The average Bonchev–Trinajstić information content (AvgIpc) is 2.94. The Bertz CT molecular complexity index is 1570. The van der Waals surface area contributed by atoms with Gasteiger partial charge in [-0.15, -0.1) is 0 Å². The third-order valence-corrected chi connectivity index (χ3v) is 6.51. The highest BCUT2D eigenvalue weighted by atomic mass is 16.5. The standard InChI is InChI=1S/C28H17BO/c1-2-9-21(10-3-1)29-22-11-4-5-12-24(22)30-25-16-15-19-14-13-18-7-6-8-20-17-23(29)28(25)27(19)26(18)20/h1-17H. The molecule has 138 valence electrons. The molecule has 0 aromatic heterocycles.